The lowest BCUT2D eigenvalue weighted by atomic mass is 9.94. The minimum Gasteiger partial charge on any atom is -0.355 e. The van der Waals surface area contributed by atoms with Crippen LogP contribution in [0.2, 0.25) is 0 Å². The van der Waals surface area contributed by atoms with Crippen molar-refractivity contribution in [1.82, 2.24) is 15.2 Å². The largest absolute Gasteiger partial charge is 0.355 e. The molecule has 2 unspecified atom stereocenters. The van der Waals surface area contributed by atoms with Crippen LogP contribution < -0.4 is 10.6 Å². The number of carbonyl (C=O) groups excluding carboxylic acids is 1. The van der Waals surface area contributed by atoms with Gasteiger partial charge in [0.15, 0.2) is 0 Å². The van der Waals surface area contributed by atoms with E-state index in [1.165, 1.54) is 22.0 Å². The number of aromatic nitrogens is 1. The second-order valence-corrected chi connectivity index (χ2v) is 7.85. The molecule has 3 rings (SSSR count). The third-order valence-corrected chi connectivity index (χ3v) is 5.22. The first-order valence-corrected chi connectivity index (χ1v) is 10.1. The molecule has 1 aromatic carbocycles. The molecule has 0 saturated carbocycles. The first-order chi connectivity index (χ1) is 13.0. The zero-order valence-electron chi connectivity index (χ0n) is 16.9. The summed E-state index contributed by atoms with van der Waals surface area (Å²) in [5.41, 5.74) is 3.77. The predicted molar refractivity (Wildman–Crippen MR) is 112 cm³/mol. The Balaban J connectivity index is 2.06. The highest BCUT2D eigenvalue weighted by Crippen LogP contribution is 2.35. The molecule has 1 amide bonds. The average molecular weight is 366 g/mol. The fraction of sp³-hybridized carbons (Fsp3) is 0.522. The molecule has 2 heterocycles. The van der Waals surface area contributed by atoms with E-state index < -0.39 is 0 Å². The molecule has 0 saturated heterocycles. The Labute approximate surface area is 162 Å². The van der Waals surface area contributed by atoms with Gasteiger partial charge < -0.3 is 9.88 Å². The highest BCUT2D eigenvalue weighted by atomic mass is 16.2. The molecule has 0 fully saturated rings. The smallest absolute Gasteiger partial charge is 0.237 e. The quantitative estimate of drug-likeness (QED) is 0.765. The van der Waals surface area contributed by atoms with Gasteiger partial charge in [0.25, 0.3) is 0 Å². The van der Waals surface area contributed by atoms with E-state index >= 15 is 0 Å². The van der Waals surface area contributed by atoms with Gasteiger partial charge >= 0.3 is 0 Å². The lowest BCUT2D eigenvalue weighted by Crippen LogP contribution is -2.46. The molecule has 27 heavy (non-hydrogen) atoms. The molecule has 4 heteroatoms. The van der Waals surface area contributed by atoms with Gasteiger partial charge in [0, 0.05) is 29.7 Å². The molecule has 0 spiro atoms. The summed E-state index contributed by atoms with van der Waals surface area (Å²) in [7, 11) is 0. The van der Waals surface area contributed by atoms with Crippen LogP contribution in [0.25, 0.3) is 10.9 Å². The molecule has 1 aliphatic heterocycles. The fourth-order valence-corrected chi connectivity index (χ4v) is 4.03. The molecule has 2 aromatic rings. The molecule has 2 atom stereocenters. The van der Waals surface area contributed by atoms with Crippen molar-refractivity contribution in [1.29, 1.82) is 0 Å². The van der Waals surface area contributed by atoms with Crippen molar-refractivity contribution in [3.63, 3.8) is 0 Å². The zero-order valence-corrected chi connectivity index (χ0v) is 16.9. The van der Waals surface area contributed by atoms with Crippen molar-refractivity contribution in [3.8, 4) is 11.8 Å². The van der Waals surface area contributed by atoms with Crippen molar-refractivity contribution in [2.75, 3.05) is 6.54 Å². The number of amides is 1. The summed E-state index contributed by atoms with van der Waals surface area (Å²) >= 11 is 0. The molecule has 2 N–H and O–H groups in total. The standard InChI is InChI=1S/C23H31N3O/c1-5-7-12-26-15-17-14-20(23(27)24-11-6-2)25-19(13-16(3)4)18-9-8-10-21(26)22(17)18/h8-10,15-16,19-20,25H,6,11-14H2,1-4H3,(H,24,27). The van der Waals surface area contributed by atoms with Gasteiger partial charge in [-0.05, 0) is 49.3 Å². The zero-order chi connectivity index (χ0) is 19.4. The van der Waals surface area contributed by atoms with E-state index in [1.54, 1.807) is 0 Å². The minimum atomic E-state index is -0.205. The Bertz CT molecular complexity index is 869. The van der Waals surface area contributed by atoms with Crippen molar-refractivity contribution in [2.45, 2.75) is 65.6 Å². The van der Waals surface area contributed by atoms with Crippen molar-refractivity contribution >= 4 is 16.8 Å². The Morgan fingerprint density at radius 2 is 2.22 bits per heavy atom. The van der Waals surface area contributed by atoms with Crippen LogP contribution in [0.3, 0.4) is 0 Å². The number of benzene rings is 1. The van der Waals surface area contributed by atoms with Crippen LogP contribution >= 0.6 is 0 Å². The Morgan fingerprint density at radius 1 is 1.41 bits per heavy atom. The van der Waals surface area contributed by atoms with E-state index in [2.05, 4.69) is 72.2 Å². The molecule has 4 nitrogen and oxygen atoms in total. The summed E-state index contributed by atoms with van der Waals surface area (Å²) in [5.74, 6) is 6.81. The monoisotopic (exact) mass is 365 g/mol. The van der Waals surface area contributed by atoms with E-state index in [9.17, 15) is 4.79 Å². The van der Waals surface area contributed by atoms with E-state index in [1.807, 2.05) is 6.92 Å². The maximum absolute atomic E-state index is 12.8. The van der Waals surface area contributed by atoms with Crippen molar-refractivity contribution in [3.05, 3.63) is 35.5 Å². The summed E-state index contributed by atoms with van der Waals surface area (Å²) < 4.78 is 2.23. The average Bonchev–Trinajstić information content (AvgIpc) is 2.92. The number of rotatable bonds is 6. The minimum absolute atomic E-state index is 0.104. The van der Waals surface area contributed by atoms with Crippen molar-refractivity contribution < 1.29 is 4.79 Å². The molecule has 1 aromatic heterocycles. The third-order valence-electron chi connectivity index (χ3n) is 5.22. The highest BCUT2D eigenvalue weighted by molar-refractivity contribution is 5.90. The predicted octanol–water partition coefficient (Wildman–Crippen LogP) is 3.79. The van der Waals surface area contributed by atoms with E-state index in [4.69, 9.17) is 0 Å². The molecule has 0 bridgehead atoms. The number of hydrogen-bond acceptors (Lipinski definition) is 2. The third kappa shape index (κ3) is 4.20. The van der Waals surface area contributed by atoms with Crippen LogP contribution in [0.15, 0.2) is 24.4 Å². The SMILES string of the molecule is CC#CCn1cc2c3c(cccc31)C(CC(C)C)NC(C(=O)NCCC)C2. The van der Waals surface area contributed by atoms with Gasteiger partial charge in [-0.3, -0.25) is 10.1 Å². The van der Waals surface area contributed by atoms with Gasteiger partial charge in [-0.1, -0.05) is 38.8 Å². The normalized spacial score (nSPS) is 18.9. The lowest BCUT2D eigenvalue weighted by molar-refractivity contribution is -0.123. The van der Waals surface area contributed by atoms with E-state index in [-0.39, 0.29) is 18.0 Å². The van der Waals surface area contributed by atoms with Gasteiger partial charge in [0.1, 0.15) is 0 Å². The van der Waals surface area contributed by atoms with Gasteiger partial charge in [0.05, 0.1) is 12.6 Å². The van der Waals surface area contributed by atoms with Crippen LogP contribution in [-0.4, -0.2) is 23.1 Å². The van der Waals surface area contributed by atoms with E-state index in [0.29, 0.717) is 18.9 Å². The van der Waals surface area contributed by atoms with Gasteiger partial charge in [-0.15, -0.1) is 5.92 Å². The molecule has 144 valence electrons. The molecule has 1 aliphatic rings. The Kier molecular flexibility index (Phi) is 6.23. The molecule has 0 aliphatic carbocycles. The number of nitrogens with one attached hydrogen (secondary N) is 2. The van der Waals surface area contributed by atoms with E-state index in [0.717, 1.165) is 19.4 Å². The molecular weight excluding hydrogens is 334 g/mol. The van der Waals surface area contributed by atoms with Gasteiger partial charge in [-0.25, -0.2) is 0 Å². The van der Waals surface area contributed by atoms with Crippen LogP contribution in [0.4, 0.5) is 0 Å². The Morgan fingerprint density at radius 3 is 2.93 bits per heavy atom. The summed E-state index contributed by atoms with van der Waals surface area (Å²) in [6.45, 7) is 9.84. The topological polar surface area (TPSA) is 46.1 Å². The first-order valence-electron chi connectivity index (χ1n) is 10.1. The first kappa shape index (κ1) is 19.5. The van der Waals surface area contributed by atoms with Gasteiger partial charge in [-0.2, -0.15) is 0 Å². The maximum atomic E-state index is 12.8. The van der Waals surface area contributed by atoms with Crippen LogP contribution in [-0.2, 0) is 17.8 Å². The number of carbonyl (C=O) groups is 1. The summed E-state index contributed by atoms with van der Waals surface area (Å²) in [6.07, 6.45) is 4.86. The van der Waals surface area contributed by atoms with Crippen molar-refractivity contribution in [2.24, 2.45) is 5.92 Å². The fourth-order valence-electron chi connectivity index (χ4n) is 4.03. The van der Waals surface area contributed by atoms with Crippen LogP contribution in [0.5, 0.6) is 0 Å². The highest BCUT2D eigenvalue weighted by Gasteiger charge is 2.30. The summed E-state index contributed by atoms with van der Waals surface area (Å²) in [5, 5.41) is 8.04. The second kappa shape index (κ2) is 8.63. The van der Waals surface area contributed by atoms with Crippen LogP contribution in [0.1, 0.15) is 57.7 Å². The van der Waals surface area contributed by atoms with Gasteiger partial charge in [0.2, 0.25) is 5.91 Å². The number of nitrogens with zero attached hydrogens (tertiary/aromatic N) is 1. The molecular formula is C23H31N3O. The lowest BCUT2D eigenvalue weighted by Gasteiger charge is -2.25. The van der Waals surface area contributed by atoms with Crippen LogP contribution in [0, 0.1) is 17.8 Å². The Hall–Kier alpha value is -2.25. The summed E-state index contributed by atoms with van der Waals surface area (Å²) in [4.78, 5) is 12.8. The molecule has 0 radical (unpaired) electrons. The number of hydrogen-bond donors (Lipinski definition) is 2. The summed E-state index contributed by atoms with van der Waals surface area (Å²) in [6, 6.07) is 6.49. The second-order valence-electron chi connectivity index (χ2n) is 7.85. The maximum Gasteiger partial charge on any atom is 0.237 e.